The standard InChI is InChI=1S/C13H22N4O/c1-3-6-18-12-7-10(2)16-13(17-12)15-9-11-4-5-14-8-11/h7,11,14H,3-6,8-9H2,1-2H3,(H,15,16,17). The molecule has 0 bridgehead atoms. The van der Waals surface area contributed by atoms with E-state index >= 15 is 0 Å². The van der Waals surface area contributed by atoms with Gasteiger partial charge >= 0.3 is 0 Å². The number of anilines is 1. The van der Waals surface area contributed by atoms with E-state index in [1.807, 2.05) is 13.0 Å². The minimum Gasteiger partial charge on any atom is -0.478 e. The van der Waals surface area contributed by atoms with Crippen LogP contribution in [0.2, 0.25) is 0 Å². The van der Waals surface area contributed by atoms with Crippen LogP contribution in [0, 0.1) is 12.8 Å². The Balaban J connectivity index is 1.91. The van der Waals surface area contributed by atoms with Gasteiger partial charge in [0.05, 0.1) is 6.61 Å². The quantitative estimate of drug-likeness (QED) is 0.803. The summed E-state index contributed by atoms with van der Waals surface area (Å²) in [5.74, 6) is 2.01. The zero-order valence-electron chi connectivity index (χ0n) is 11.2. The van der Waals surface area contributed by atoms with Gasteiger partial charge in [0.1, 0.15) is 0 Å². The molecular formula is C13H22N4O. The van der Waals surface area contributed by atoms with E-state index in [1.165, 1.54) is 6.42 Å². The maximum Gasteiger partial charge on any atom is 0.226 e. The van der Waals surface area contributed by atoms with Crippen LogP contribution >= 0.6 is 0 Å². The van der Waals surface area contributed by atoms with Gasteiger partial charge in [-0.25, -0.2) is 4.98 Å². The van der Waals surface area contributed by atoms with Gasteiger partial charge in [0, 0.05) is 18.3 Å². The topological polar surface area (TPSA) is 59.1 Å². The lowest BCUT2D eigenvalue weighted by atomic mass is 10.1. The molecule has 1 atom stereocenters. The minimum absolute atomic E-state index is 0.663. The third kappa shape index (κ3) is 3.84. The number of aryl methyl sites for hydroxylation is 1. The molecule has 2 N–H and O–H groups in total. The van der Waals surface area contributed by atoms with Crippen LogP contribution in [0.4, 0.5) is 5.95 Å². The molecule has 0 aromatic carbocycles. The summed E-state index contributed by atoms with van der Waals surface area (Å²) in [7, 11) is 0. The highest BCUT2D eigenvalue weighted by atomic mass is 16.5. The summed E-state index contributed by atoms with van der Waals surface area (Å²) in [6, 6.07) is 1.87. The molecule has 100 valence electrons. The van der Waals surface area contributed by atoms with Crippen molar-refractivity contribution in [3.05, 3.63) is 11.8 Å². The van der Waals surface area contributed by atoms with Crippen LogP contribution < -0.4 is 15.4 Å². The zero-order valence-corrected chi connectivity index (χ0v) is 11.2. The molecule has 0 saturated carbocycles. The van der Waals surface area contributed by atoms with Gasteiger partial charge in [-0.3, -0.25) is 0 Å². The van der Waals surface area contributed by atoms with Crippen molar-refractivity contribution in [3.8, 4) is 5.88 Å². The third-order valence-electron chi connectivity index (χ3n) is 3.00. The predicted molar refractivity (Wildman–Crippen MR) is 72.0 cm³/mol. The fourth-order valence-corrected chi connectivity index (χ4v) is 2.02. The number of aromatic nitrogens is 2. The molecule has 1 fully saturated rings. The fraction of sp³-hybridized carbons (Fsp3) is 0.692. The van der Waals surface area contributed by atoms with E-state index in [0.717, 1.165) is 31.7 Å². The first-order chi connectivity index (χ1) is 8.78. The van der Waals surface area contributed by atoms with E-state index in [4.69, 9.17) is 4.74 Å². The van der Waals surface area contributed by atoms with E-state index in [9.17, 15) is 0 Å². The van der Waals surface area contributed by atoms with Crippen LogP contribution in [0.25, 0.3) is 0 Å². The van der Waals surface area contributed by atoms with Crippen LogP contribution in [-0.2, 0) is 0 Å². The van der Waals surface area contributed by atoms with E-state index in [1.54, 1.807) is 0 Å². The van der Waals surface area contributed by atoms with Gasteiger partial charge in [0.25, 0.3) is 0 Å². The molecule has 2 heterocycles. The maximum atomic E-state index is 5.55. The number of hydrogen-bond acceptors (Lipinski definition) is 5. The molecule has 18 heavy (non-hydrogen) atoms. The highest BCUT2D eigenvalue weighted by Crippen LogP contribution is 2.14. The first kappa shape index (κ1) is 13.1. The molecule has 1 unspecified atom stereocenters. The molecule has 1 aliphatic heterocycles. The summed E-state index contributed by atoms with van der Waals surface area (Å²) in [6.07, 6.45) is 2.21. The van der Waals surface area contributed by atoms with E-state index in [-0.39, 0.29) is 0 Å². The Labute approximate surface area is 108 Å². The number of hydrogen-bond donors (Lipinski definition) is 2. The Morgan fingerprint density at radius 1 is 1.50 bits per heavy atom. The Morgan fingerprint density at radius 3 is 3.11 bits per heavy atom. The highest BCUT2D eigenvalue weighted by Gasteiger charge is 2.14. The second kappa shape index (κ2) is 6.54. The first-order valence-electron chi connectivity index (χ1n) is 6.71. The molecule has 0 spiro atoms. The van der Waals surface area contributed by atoms with Crippen molar-refractivity contribution >= 4 is 5.95 Å². The van der Waals surface area contributed by atoms with Crippen molar-refractivity contribution < 1.29 is 4.74 Å². The monoisotopic (exact) mass is 250 g/mol. The van der Waals surface area contributed by atoms with E-state index in [2.05, 4.69) is 27.5 Å². The smallest absolute Gasteiger partial charge is 0.226 e. The highest BCUT2D eigenvalue weighted by molar-refractivity contribution is 5.30. The van der Waals surface area contributed by atoms with Gasteiger partial charge in [0.15, 0.2) is 0 Å². The summed E-state index contributed by atoms with van der Waals surface area (Å²) in [5.41, 5.74) is 0.933. The molecule has 1 aromatic rings. The Morgan fingerprint density at radius 2 is 2.39 bits per heavy atom. The summed E-state index contributed by atoms with van der Waals surface area (Å²) < 4.78 is 5.55. The lowest BCUT2D eigenvalue weighted by molar-refractivity contribution is 0.305. The molecule has 5 heteroatoms. The molecule has 2 rings (SSSR count). The normalized spacial score (nSPS) is 18.9. The van der Waals surface area contributed by atoms with Gasteiger partial charge in [-0.1, -0.05) is 6.92 Å². The Hall–Kier alpha value is -1.36. The lowest BCUT2D eigenvalue weighted by Crippen LogP contribution is -2.18. The second-order valence-electron chi connectivity index (χ2n) is 4.76. The average molecular weight is 250 g/mol. The van der Waals surface area contributed by atoms with Crippen molar-refractivity contribution in [2.75, 3.05) is 31.6 Å². The third-order valence-corrected chi connectivity index (χ3v) is 3.00. The molecule has 1 aliphatic rings. The predicted octanol–water partition coefficient (Wildman–Crippen LogP) is 1.60. The number of nitrogens with one attached hydrogen (secondary N) is 2. The zero-order chi connectivity index (χ0) is 12.8. The average Bonchev–Trinajstić information content (AvgIpc) is 2.86. The summed E-state index contributed by atoms with van der Waals surface area (Å²) in [4.78, 5) is 8.75. The number of rotatable bonds is 6. The summed E-state index contributed by atoms with van der Waals surface area (Å²) in [5, 5.41) is 6.66. The fourth-order valence-electron chi connectivity index (χ4n) is 2.02. The first-order valence-corrected chi connectivity index (χ1v) is 6.71. The van der Waals surface area contributed by atoms with Crippen LogP contribution in [-0.4, -0.2) is 36.2 Å². The van der Waals surface area contributed by atoms with Crippen molar-refractivity contribution in [2.24, 2.45) is 5.92 Å². The van der Waals surface area contributed by atoms with Gasteiger partial charge in [0.2, 0.25) is 11.8 Å². The van der Waals surface area contributed by atoms with Crippen LogP contribution in [0.5, 0.6) is 5.88 Å². The Bertz CT molecular complexity index is 377. The molecular weight excluding hydrogens is 228 g/mol. The van der Waals surface area contributed by atoms with Crippen molar-refractivity contribution in [3.63, 3.8) is 0 Å². The summed E-state index contributed by atoms with van der Waals surface area (Å²) >= 11 is 0. The van der Waals surface area contributed by atoms with E-state index in [0.29, 0.717) is 24.4 Å². The maximum absolute atomic E-state index is 5.55. The molecule has 5 nitrogen and oxygen atoms in total. The molecule has 0 aliphatic carbocycles. The second-order valence-corrected chi connectivity index (χ2v) is 4.76. The molecule has 0 radical (unpaired) electrons. The van der Waals surface area contributed by atoms with Gasteiger partial charge in [-0.05, 0) is 38.8 Å². The van der Waals surface area contributed by atoms with Crippen molar-refractivity contribution in [1.29, 1.82) is 0 Å². The van der Waals surface area contributed by atoms with Gasteiger partial charge in [-0.15, -0.1) is 0 Å². The largest absolute Gasteiger partial charge is 0.478 e. The van der Waals surface area contributed by atoms with Crippen molar-refractivity contribution in [1.82, 2.24) is 15.3 Å². The van der Waals surface area contributed by atoms with Crippen LogP contribution in [0.3, 0.4) is 0 Å². The summed E-state index contributed by atoms with van der Waals surface area (Å²) in [6.45, 7) is 7.86. The SMILES string of the molecule is CCCOc1cc(C)nc(NCC2CCNC2)n1. The number of nitrogens with zero attached hydrogens (tertiary/aromatic N) is 2. The Kier molecular flexibility index (Phi) is 4.75. The number of ether oxygens (including phenoxy) is 1. The van der Waals surface area contributed by atoms with Crippen LogP contribution in [0.15, 0.2) is 6.07 Å². The van der Waals surface area contributed by atoms with Crippen molar-refractivity contribution in [2.45, 2.75) is 26.7 Å². The van der Waals surface area contributed by atoms with E-state index < -0.39 is 0 Å². The molecule has 1 aromatic heterocycles. The van der Waals surface area contributed by atoms with Crippen LogP contribution in [0.1, 0.15) is 25.5 Å². The lowest BCUT2D eigenvalue weighted by Gasteiger charge is -2.11. The molecule has 0 amide bonds. The van der Waals surface area contributed by atoms with Gasteiger partial charge < -0.3 is 15.4 Å². The minimum atomic E-state index is 0.663. The molecule has 1 saturated heterocycles. The van der Waals surface area contributed by atoms with Gasteiger partial charge in [-0.2, -0.15) is 4.98 Å².